The first-order valence-corrected chi connectivity index (χ1v) is 8.80. The predicted molar refractivity (Wildman–Crippen MR) is 95.6 cm³/mol. The normalized spacial score (nSPS) is 18.8. The summed E-state index contributed by atoms with van der Waals surface area (Å²) in [6.07, 6.45) is 2.81. The SMILES string of the molecule is CC[C@H](NC(C)C)C(=O)N1CCC[C@@H]1c1ccc(OC)c(OC)c1. The van der Waals surface area contributed by atoms with E-state index in [1.165, 1.54) is 0 Å². The minimum Gasteiger partial charge on any atom is -0.493 e. The molecule has 0 aliphatic carbocycles. The van der Waals surface area contributed by atoms with Crippen molar-refractivity contribution in [2.75, 3.05) is 20.8 Å². The van der Waals surface area contributed by atoms with Crippen LogP contribution in [0.4, 0.5) is 0 Å². The van der Waals surface area contributed by atoms with Crippen LogP contribution in [0.25, 0.3) is 0 Å². The molecule has 5 heteroatoms. The van der Waals surface area contributed by atoms with E-state index >= 15 is 0 Å². The fraction of sp³-hybridized carbons (Fsp3) is 0.632. The number of rotatable bonds is 7. The van der Waals surface area contributed by atoms with Gasteiger partial charge in [-0.05, 0) is 37.0 Å². The summed E-state index contributed by atoms with van der Waals surface area (Å²) in [6, 6.07) is 6.23. The summed E-state index contributed by atoms with van der Waals surface area (Å²) < 4.78 is 10.7. The van der Waals surface area contributed by atoms with Gasteiger partial charge in [-0.1, -0.05) is 26.8 Å². The van der Waals surface area contributed by atoms with Gasteiger partial charge in [-0.25, -0.2) is 0 Å². The summed E-state index contributed by atoms with van der Waals surface area (Å²) in [6.45, 7) is 7.02. The first-order valence-electron chi connectivity index (χ1n) is 8.80. The summed E-state index contributed by atoms with van der Waals surface area (Å²) in [4.78, 5) is 15.0. The van der Waals surface area contributed by atoms with E-state index in [1.807, 2.05) is 23.1 Å². The molecule has 5 nitrogen and oxygen atoms in total. The maximum Gasteiger partial charge on any atom is 0.240 e. The smallest absolute Gasteiger partial charge is 0.240 e. The highest BCUT2D eigenvalue weighted by molar-refractivity contribution is 5.82. The number of nitrogens with zero attached hydrogens (tertiary/aromatic N) is 1. The maximum absolute atomic E-state index is 13.0. The lowest BCUT2D eigenvalue weighted by Gasteiger charge is -2.30. The van der Waals surface area contributed by atoms with Gasteiger partial charge in [0.15, 0.2) is 11.5 Å². The minimum absolute atomic E-state index is 0.111. The highest BCUT2D eigenvalue weighted by atomic mass is 16.5. The summed E-state index contributed by atoms with van der Waals surface area (Å²) in [5.41, 5.74) is 1.11. The number of likely N-dealkylation sites (tertiary alicyclic amines) is 1. The second-order valence-corrected chi connectivity index (χ2v) is 6.59. The van der Waals surface area contributed by atoms with Crippen LogP contribution in [-0.4, -0.2) is 43.7 Å². The summed E-state index contributed by atoms with van der Waals surface area (Å²) in [7, 11) is 3.27. The zero-order chi connectivity index (χ0) is 17.7. The van der Waals surface area contributed by atoms with Crippen LogP contribution >= 0.6 is 0 Å². The highest BCUT2D eigenvalue weighted by Crippen LogP contribution is 2.37. The van der Waals surface area contributed by atoms with Crippen molar-refractivity contribution in [2.24, 2.45) is 0 Å². The van der Waals surface area contributed by atoms with E-state index < -0.39 is 0 Å². The molecule has 0 saturated carbocycles. The van der Waals surface area contributed by atoms with Gasteiger partial charge in [0.25, 0.3) is 0 Å². The van der Waals surface area contributed by atoms with Crippen molar-refractivity contribution in [3.63, 3.8) is 0 Å². The fourth-order valence-corrected chi connectivity index (χ4v) is 3.40. The van der Waals surface area contributed by atoms with Gasteiger partial charge in [-0.2, -0.15) is 0 Å². The fourth-order valence-electron chi connectivity index (χ4n) is 3.40. The molecule has 1 amide bonds. The average molecular weight is 334 g/mol. The summed E-state index contributed by atoms with van der Waals surface area (Å²) in [5.74, 6) is 1.62. The molecule has 0 radical (unpaired) electrons. The molecule has 0 unspecified atom stereocenters. The molecular formula is C19H30N2O3. The molecule has 2 rings (SSSR count). The van der Waals surface area contributed by atoms with E-state index in [-0.39, 0.29) is 18.0 Å². The van der Waals surface area contributed by atoms with Crippen LogP contribution in [0.1, 0.15) is 51.6 Å². The Morgan fingerprint density at radius 1 is 1.29 bits per heavy atom. The molecule has 1 saturated heterocycles. The molecule has 1 fully saturated rings. The molecule has 1 aromatic carbocycles. The van der Waals surface area contributed by atoms with Crippen LogP contribution in [0.15, 0.2) is 18.2 Å². The number of nitrogens with one attached hydrogen (secondary N) is 1. The lowest BCUT2D eigenvalue weighted by atomic mass is 10.0. The maximum atomic E-state index is 13.0. The van der Waals surface area contributed by atoms with E-state index in [1.54, 1.807) is 14.2 Å². The van der Waals surface area contributed by atoms with E-state index in [0.717, 1.165) is 31.4 Å². The average Bonchev–Trinajstić information content (AvgIpc) is 3.07. The number of carbonyl (C=O) groups excluding carboxylic acids is 1. The van der Waals surface area contributed by atoms with Gasteiger partial charge in [-0.3, -0.25) is 4.79 Å². The van der Waals surface area contributed by atoms with Crippen molar-refractivity contribution in [3.8, 4) is 11.5 Å². The summed E-state index contributed by atoms with van der Waals surface area (Å²) >= 11 is 0. The van der Waals surface area contributed by atoms with Crippen LogP contribution in [0.5, 0.6) is 11.5 Å². The van der Waals surface area contributed by atoms with Gasteiger partial charge >= 0.3 is 0 Å². The Morgan fingerprint density at radius 2 is 2.00 bits per heavy atom. The Kier molecular flexibility index (Phi) is 6.49. The molecule has 1 aliphatic rings. The number of carbonyl (C=O) groups is 1. The largest absolute Gasteiger partial charge is 0.493 e. The monoisotopic (exact) mass is 334 g/mol. The third-order valence-corrected chi connectivity index (χ3v) is 4.57. The van der Waals surface area contributed by atoms with Gasteiger partial charge < -0.3 is 19.7 Å². The van der Waals surface area contributed by atoms with Crippen molar-refractivity contribution in [1.82, 2.24) is 10.2 Å². The quantitative estimate of drug-likeness (QED) is 0.832. The van der Waals surface area contributed by atoms with E-state index in [0.29, 0.717) is 17.5 Å². The van der Waals surface area contributed by atoms with Crippen LogP contribution in [-0.2, 0) is 4.79 Å². The Morgan fingerprint density at radius 3 is 2.58 bits per heavy atom. The Labute approximate surface area is 145 Å². The number of hydrogen-bond donors (Lipinski definition) is 1. The first-order chi connectivity index (χ1) is 11.5. The molecule has 2 atom stereocenters. The molecule has 1 aromatic rings. The van der Waals surface area contributed by atoms with Crippen molar-refractivity contribution in [1.29, 1.82) is 0 Å². The molecule has 1 heterocycles. The topological polar surface area (TPSA) is 50.8 Å². The van der Waals surface area contributed by atoms with Crippen molar-refractivity contribution in [3.05, 3.63) is 23.8 Å². The molecular weight excluding hydrogens is 304 g/mol. The van der Waals surface area contributed by atoms with Crippen molar-refractivity contribution < 1.29 is 14.3 Å². The van der Waals surface area contributed by atoms with Crippen LogP contribution in [0.2, 0.25) is 0 Å². The van der Waals surface area contributed by atoms with E-state index in [9.17, 15) is 4.79 Å². The lowest BCUT2D eigenvalue weighted by molar-refractivity contribution is -0.134. The van der Waals surface area contributed by atoms with Crippen molar-refractivity contribution in [2.45, 2.75) is 58.2 Å². The second-order valence-electron chi connectivity index (χ2n) is 6.59. The second kappa shape index (κ2) is 8.38. The molecule has 0 aromatic heterocycles. The van der Waals surface area contributed by atoms with E-state index in [4.69, 9.17) is 9.47 Å². The predicted octanol–water partition coefficient (Wildman–Crippen LogP) is 3.14. The zero-order valence-electron chi connectivity index (χ0n) is 15.5. The third-order valence-electron chi connectivity index (χ3n) is 4.57. The van der Waals surface area contributed by atoms with Gasteiger partial charge in [0, 0.05) is 12.6 Å². The standard InChI is InChI=1S/C19H30N2O3/c1-6-15(20-13(2)3)19(22)21-11-7-8-16(21)14-9-10-17(23-4)18(12-14)24-5/h9-10,12-13,15-16,20H,6-8,11H2,1-5H3/t15-,16+/m0/s1. The van der Waals surface area contributed by atoms with Gasteiger partial charge in [0.2, 0.25) is 5.91 Å². The Bertz CT molecular complexity index is 560. The molecule has 0 bridgehead atoms. The number of methoxy groups -OCH3 is 2. The van der Waals surface area contributed by atoms with Gasteiger partial charge in [0.1, 0.15) is 0 Å². The molecule has 1 aliphatic heterocycles. The molecule has 24 heavy (non-hydrogen) atoms. The van der Waals surface area contributed by atoms with Crippen LogP contribution in [0.3, 0.4) is 0 Å². The summed E-state index contributed by atoms with van der Waals surface area (Å²) in [5, 5.41) is 3.38. The van der Waals surface area contributed by atoms with Gasteiger partial charge in [0.05, 0.1) is 26.3 Å². The molecule has 134 valence electrons. The van der Waals surface area contributed by atoms with Crippen molar-refractivity contribution >= 4 is 5.91 Å². The Balaban J connectivity index is 2.22. The van der Waals surface area contributed by atoms with E-state index in [2.05, 4.69) is 26.1 Å². The minimum atomic E-state index is -0.120. The van der Waals surface area contributed by atoms with Crippen LogP contribution in [0, 0.1) is 0 Å². The Hall–Kier alpha value is -1.75. The lowest BCUT2D eigenvalue weighted by Crippen LogP contribution is -2.48. The zero-order valence-corrected chi connectivity index (χ0v) is 15.5. The molecule has 0 spiro atoms. The first kappa shape index (κ1) is 18.6. The number of amides is 1. The number of ether oxygens (including phenoxy) is 2. The number of benzene rings is 1. The molecule has 1 N–H and O–H groups in total. The third kappa shape index (κ3) is 4.01. The van der Waals surface area contributed by atoms with Crippen LogP contribution < -0.4 is 14.8 Å². The number of hydrogen-bond acceptors (Lipinski definition) is 4. The van der Waals surface area contributed by atoms with Gasteiger partial charge in [-0.15, -0.1) is 0 Å². The highest BCUT2D eigenvalue weighted by Gasteiger charge is 2.33.